The first-order valence-electron chi connectivity index (χ1n) is 14.6. The Balaban J connectivity index is 1.51. The highest BCUT2D eigenvalue weighted by Gasteiger charge is 2.11. The topological polar surface area (TPSA) is 18.5 Å². The maximum absolute atomic E-state index is 15.0. The van der Waals surface area contributed by atoms with Crippen LogP contribution in [0.4, 0.5) is 8.78 Å². The van der Waals surface area contributed by atoms with Crippen molar-refractivity contribution in [3.63, 3.8) is 0 Å². The van der Waals surface area contributed by atoms with E-state index in [1.807, 2.05) is 30.3 Å². The van der Waals surface area contributed by atoms with Gasteiger partial charge in [-0.15, -0.1) is 0 Å². The highest BCUT2D eigenvalue weighted by atomic mass is 19.1. The Morgan fingerprint density at radius 1 is 0.500 bits per heavy atom. The van der Waals surface area contributed by atoms with Crippen LogP contribution in [0.2, 0.25) is 0 Å². The minimum atomic E-state index is -0.422. The Morgan fingerprint density at radius 2 is 1.00 bits per heavy atom. The molecule has 0 aliphatic carbocycles. The molecule has 3 aromatic carbocycles. The Labute approximate surface area is 228 Å². The summed E-state index contributed by atoms with van der Waals surface area (Å²) < 4.78 is 41.2. The summed E-state index contributed by atoms with van der Waals surface area (Å²) >= 11 is 0. The smallest absolute Gasteiger partial charge is 0.165 e. The van der Waals surface area contributed by atoms with Crippen LogP contribution in [0, 0.1) is 11.6 Å². The summed E-state index contributed by atoms with van der Waals surface area (Å²) in [5.74, 6) is 0.286. The van der Waals surface area contributed by atoms with Crippen LogP contribution in [0.15, 0.2) is 60.7 Å². The van der Waals surface area contributed by atoms with Crippen LogP contribution in [0.25, 0.3) is 22.3 Å². The van der Waals surface area contributed by atoms with Gasteiger partial charge in [0.1, 0.15) is 11.6 Å². The fraction of sp³-hybridized carbons (Fsp3) is 0.471. The zero-order valence-corrected chi connectivity index (χ0v) is 23.2. The quantitative estimate of drug-likeness (QED) is 0.155. The second kappa shape index (κ2) is 16.9. The summed E-state index contributed by atoms with van der Waals surface area (Å²) in [6.07, 6.45) is 14.3. The molecule has 0 N–H and O–H groups in total. The molecule has 0 aromatic heterocycles. The van der Waals surface area contributed by atoms with Gasteiger partial charge in [0.05, 0.1) is 13.2 Å². The first-order valence-corrected chi connectivity index (χ1v) is 14.6. The van der Waals surface area contributed by atoms with Crippen molar-refractivity contribution in [3.05, 3.63) is 72.3 Å². The van der Waals surface area contributed by atoms with Crippen molar-refractivity contribution in [2.24, 2.45) is 0 Å². The first kappa shape index (κ1) is 29.7. The van der Waals surface area contributed by atoms with Gasteiger partial charge in [-0.3, -0.25) is 0 Å². The van der Waals surface area contributed by atoms with Gasteiger partial charge in [-0.05, 0) is 59.9 Å². The fourth-order valence-electron chi connectivity index (χ4n) is 4.59. The molecule has 0 spiro atoms. The highest BCUT2D eigenvalue weighted by Crippen LogP contribution is 2.31. The molecule has 206 valence electrons. The molecule has 0 amide bonds. The number of hydrogen-bond acceptors (Lipinski definition) is 2. The molecule has 0 unspecified atom stereocenters. The lowest BCUT2D eigenvalue weighted by Crippen LogP contribution is -1.99. The Bertz CT molecular complexity index is 1080. The monoisotopic (exact) mass is 522 g/mol. The van der Waals surface area contributed by atoms with Crippen LogP contribution >= 0.6 is 0 Å². The maximum atomic E-state index is 15.0. The van der Waals surface area contributed by atoms with E-state index < -0.39 is 5.82 Å². The van der Waals surface area contributed by atoms with E-state index in [0.29, 0.717) is 29.9 Å². The van der Waals surface area contributed by atoms with Gasteiger partial charge >= 0.3 is 0 Å². The van der Waals surface area contributed by atoms with Crippen LogP contribution in [-0.4, -0.2) is 13.2 Å². The molecule has 4 heteroatoms. The second-order valence-corrected chi connectivity index (χ2v) is 10.1. The predicted octanol–water partition coefficient (Wildman–Crippen LogP) is 10.8. The molecule has 0 aliphatic heterocycles. The van der Waals surface area contributed by atoms with E-state index in [4.69, 9.17) is 9.47 Å². The van der Waals surface area contributed by atoms with E-state index in [2.05, 4.69) is 13.8 Å². The third-order valence-electron chi connectivity index (χ3n) is 6.92. The molecule has 3 rings (SSSR count). The Hall–Kier alpha value is -2.88. The molecular weight excluding hydrogens is 478 g/mol. The van der Waals surface area contributed by atoms with Gasteiger partial charge in [0.25, 0.3) is 0 Å². The molecule has 0 fully saturated rings. The molecule has 3 aromatic rings. The summed E-state index contributed by atoms with van der Waals surface area (Å²) in [4.78, 5) is 0. The summed E-state index contributed by atoms with van der Waals surface area (Å²) in [5.41, 5.74) is 2.55. The average molecular weight is 523 g/mol. The first-order chi connectivity index (χ1) is 18.6. The van der Waals surface area contributed by atoms with E-state index in [1.165, 1.54) is 69.9 Å². The van der Waals surface area contributed by atoms with Gasteiger partial charge in [0.2, 0.25) is 0 Å². The lowest BCUT2D eigenvalue weighted by atomic mass is 9.99. The zero-order valence-electron chi connectivity index (χ0n) is 23.2. The van der Waals surface area contributed by atoms with E-state index in [1.54, 1.807) is 18.2 Å². The van der Waals surface area contributed by atoms with E-state index in [9.17, 15) is 4.39 Å². The van der Waals surface area contributed by atoms with Gasteiger partial charge in [-0.1, -0.05) is 108 Å². The third-order valence-corrected chi connectivity index (χ3v) is 6.92. The van der Waals surface area contributed by atoms with Crippen molar-refractivity contribution < 1.29 is 18.3 Å². The number of rotatable bonds is 18. The summed E-state index contributed by atoms with van der Waals surface area (Å²) in [6, 6.07) is 17.4. The SMILES string of the molecule is CCCCCCCCOc1ccc(-c2ccc(-c3ccc(OCCCCCCCC)c(F)c3)cc2F)cc1. The number of unbranched alkanes of at least 4 members (excludes halogenated alkanes) is 10. The van der Waals surface area contributed by atoms with Gasteiger partial charge in [-0.2, -0.15) is 0 Å². The average Bonchev–Trinajstić information content (AvgIpc) is 2.93. The minimum Gasteiger partial charge on any atom is -0.494 e. The standard InChI is InChI=1S/C34H44F2O2/c1-3-5-7-9-11-13-23-37-30-19-15-27(16-20-30)31-21-17-28(25-32(31)35)29-18-22-34(33(36)26-29)38-24-14-12-10-8-6-4-2/h15-22,25-26H,3-14,23-24H2,1-2H3. The highest BCUT2D eigenvalue weighted by molar-refractivity contribution is 5.71. The zero-order chi connectivity index (χ0) is 27.0. The lowest BCUT2D eigenvalue weighted by molar-refractivity contribution is 0.290. The van der Waals surface area contributed by atoms with Crippen LogP contribution < -0.4 is 9.47 Å². The van der Waals surface area contributed by atoms with Gasteiger partial charge in [0, 0.05) is 5.56 Å². The molecular formula is C34H44F2O2. The van der Waals surface area contributed by atoms with E-state index >= 15 is 4.39 Å². The van der Waals surface area contributed by atoms with Crippen molar-refractivity contribution in [1.29, 1.82) is 0 Å². The van der Waals surface area contributed by atoms with Crippen molar-refractivity contribution >= 4 is 0 Å². The van der Waals surface area contributed by atoms with Crippen molar-refractivity contribution in [3.8, 4) is 33.8 Å². The molecule has 0 saturated carbocycles. The van der Waals surface area contributed by atoms with Gasteiger partial charge in [-0.25, -0.2) is 8.78 Å². The van der Waals surface area contributed by atoms with Gasteiger partial charge in [0.15, 0.2) is 11.6 Å². The van der Waals surface area contributed by atoms with Crippen molar-refractivity contribution in [2.45, 2.75) is 90.9 Å². The van der Waals surface area contributed by atoms with Crippen molar-refractivity contribution in [2.75, 3.05) is 13.2 Å². The molecule has 0 radical (unpaired) electrons. The van der Waals surface area contributed by atoms with Crippen LogP contribution in [0.3, 0.4) is 0 Å². The fourth-order valence-corrected chi connectivity index (χ4v) is 4.59. The van der Waals surface area contributed by atoms with E-state index in [-0.39, 0.29) is 11.6 Å². The number of hydrogen-bond donors (Lipinski definition) is 0. The third kappa shape index (κ3) is 9.78. The van der Waals surface area contributed by atoms with Crippen LogP contribution in [0.1, 0.15) is 90.9 Å². The van der Waals surface area contributed by atoms with E-state index in [0.717, 1.165) is 30.6 Å². The Morgan fingerprint density at radius 3 is 1.58 bits per heavy atom. The molecule has 0 atom stereocenters. The molecule has 0 heterocycles. The molecule has 38 heavy (non-hydrogen) atoms. The minimum absolute atomic E-state index is 0.248. The van der Waals surface area contributed by atoms with Crippen molar-refractivity contribution in [1.82, 2.24) is 0 Å². The molecule has 0 bridgehead atoms. The molecule has 2 nitrogen and oxygen atoms in total. The lowest BCUT2D eigenvalue weighted by Gasteiger charge is -2.11. The molecule has 0 saturated heterocycles. The van der Waals surface area contributed by atoms with Crippen LogP contribution in [-0.2, 0) is 0 Å². The molecule has 0 aliphatic rings. The maximum Gasteiger partial charge on any atom is 0.165 e. The number of ether oxygens (including phenoxy) is 2. The Kier molecular flexibility index (Phi) is 13.2. The number of halogens is 2. The van der Waals surface area contributed by atoms with Crippen LogP contribution in [0.5, 0.6) is 11.5 Å². The number of benzene rings is 3. The summed E-state index contributed by atoms with van der Waals surface area (Å²) in [6.45, 7) is 5.63. The largest absolute Gasteiger partial charge is 0.494 e. The van der Waals surface area contributed by atoms with Gasteiger partial charge < -0.3 is 9.47 Å². The second-order valence-electron chi connectivity index (χ2n) is 10.1. The normalized spacial score (nSPS) is 11.1. The predicted molar refractivity (Wildman–Crippen MR) is 155 cm³/mol. The summed E-state index contributed by atoms with van der Waals surface area (Å²) in [7, 11) is 0. The summed E-state index contributed by atoms with van der Waals surface area (Å²) in [5, 5.41) is 0.